The molecule has 0 bridgehead atoms. The Kier molecular flexibility index (Phi) is 3.38. The molecule has 3 heteroatoms. The third-order valence-electron chi connectivity index (χ3n) is 2.84. The van der Waals surface area contributed by atoms with Crippen molar-refractivity contribution in [3.8, 4) is 5.75 Å². The summed E-state index contributed by atoms with van der Waals surface area (Å²) in [4.78, 5) is 16.2. The molecule has 88 valence electrons. The van der Waals surface area contributed by atoms with Gasteiger partial charge in [0.15, 0.2) is 5.78 Å². The maximum Gasteiger partial charge on any atom is 0.163 e. The second-order valence-electron chi connectivity index (χ2n) is 3.87. The number of ether oxygens (including phenoxy) is 1. The highest BCUT2D eigenvalue weighted by molar-refractivity contribution is 6.23. The number of carbonyl (C=O) groups is 1. The number of methoxy groups -OCH3 is 1. The van der Waals surface area contributed by atoms with Crippen LogP contribution in [0.15, 0.2) is 29.3 Å². The molecule has 0 fully saturated rings. The molecule has 0 saturated carbocycles. The fourth-order valence-electron chi connectivity index (χ4n) is 1.87. The lowest BCUT2D eigenvalue weighted by Crippen LogP contribution is -2.02. The van der Waals surface area contributed by atoms with E-state index >= 15 is 0 Å². The van der Waals surface area contributed by atoms with E-state index in [0.717, 1.165) is 22.4 Å². The van der Waals surface area contributed by atoms with Crippen molar-refractivity contribution in [1.29, 1.82) is 0 Å². The average molecular weight is 229 g/mol. The first-order valence-electron chi connectivity index (χ1n) is 5.67. The van der Waals surface area contributed by atoms with Crippen LogP contribution in [0.25, 0.3) is 5.57 Å². The number of nitrogens with zero attached hydrogens (tertiary/aromatic N) is 1. The summed E-state index contributed by atoms with van der Waals surface area (Å²) in [5.74, 6) is 0.897. The number of carbonyl (C=O) groups excluding carboxylic acids is 1. The number of hydrogen-bond donors (Lipinski definition) is 0. The normalized spacial score (nSPS) is 13.6. The second kappa shape index (κ2) is 4.95. The van der Waals surface area contributed by atoms with E-state index in [1.807, 2.05) is 25.1 Å². The zero-order valence-corrected chi connectivity index (χ0v) is 10.1. The van der Waals surface area contributed by atoms with E-state index in [0.29, 0.717) is 13.0 Å². The Morgan fingerprint density at radius 2 is 2.29 bits per heavy atom. The highest BCUT2D eigenvalue weighted by atomic mass is 16.5. The molecule has 0 unspecified atom stereocenters. The fourth-order valence-corrected chi connectivity index (χ4v) is 1.87. The quantitative estimate of drug-likeness (QED) is 0.799. The first-order chi connectivity index (χ1) is 8.26. The molecule has 1 aliphatic rings. The van der Waals surface area contributed by atoms with Crippen molar-refractivity contribution in [2.75, 3.05) is 7.11 Å². The molecular weight excluding hydrogens is 214 g/mol. The molecule has 1 aromatic rings. The molecule has 0 N–H and O–H groups in total. The lowest BCUT2D eigenvalue weighted by atomic mass is 9.95. The van der Waals surface area contributed by atoms with Crippen molar-refractivity contribution in [1.82, 2.24) is 0 Å². The summed E-state index contributed by atoms with van der Waals surface area (Å²) in [7, 11) is 1.62. The zero-order valence-electron chi connectivity index (χ0n) is 10.1. The topological polar surface area (TPSA) is 38.7 Å². The Labute approximate surface area is 101 Å². The Morgan fingerprint density at radius 3 is 3.00 bits per heavy atom. The van der Waals surface area contributed by atoms with Crippen LogP contribution < -0.4 is 4.74 Å². The Balaban J connectivity index is 2.54. The predicted molar refractivity (Wildman–Crippen MR) is 68.5 cm³/mol. The first kappa shape index (κ1) is 11.6. The van der Waals surface area contributed by atoms with Crippen molar-refractivity contribution >= 4 is 17.6 Å². The van der Waals surface area contributed by atoms with Gasteiger partial charge >= 0.3 is 0 Å². The van der Waals surface area contributed by atoms with Crippen LogP contribution in [-0.4, -0.2) is 19.1 Å². The molecular formula is C14H15NO2. The number of rotatable bonds is 3. The van der Waals surface area contributed by atoms with E-state index in [4.69, 9.17) is 4.74 Å². The summed E-state index contributed by atoms with van der Waals surface area (Å²) in [6.45, 7) is 2.47. The number of allylic oxidation sites excluding steroid dienone is 2. The fraction of sp³-hybridized carbons (Fsp3) is 0.286. The smallest absolute Gasteiger partial charge is 0.163 e. The Morgan fingerprint density at radius 1 is 1.47 bits per heavy atom. The summed E-state index contributed by atoms with van der Waals surface area (Å²) in [5, 5.41) is 0. The van der Waals surface area contributed by atoms with E-state index < -0.39 is 0 Å². The van der Waals surface area contributed by atoms with Crippen molar-refractivity contribution in [2.45, 2.75) is 19.9 Å². The van der Waals surface area contributed by atoms with Crippen LogP contribution >= 0.6 is 0 Å². The van der Waals surface area contributed by atoms with Crippen LogP contribution in [0.1, 0.15) is 24.5 Å². The average Bonchev–Trinajstić information content (AvgIpc) is 2.59. The van der Waals surface area contributed by atoms with Crippen molar-refractivity contribution < 1.29 is 9.53 Å². The van der Waals surface area contributed by atoms with Crippen LogP contribution in [0.2, 0.25) is 0 Å². The molecule has 0 spiro atoms. The van der Waals surface area contributed by atoms with Gasteiger partial charge in [-0.2, -0.15) is 0 Å². The minimum absolute atomic E-state index is 0.132. The van der Waals surface area contributed by atoms with Crippen LogP contribution in [0.3, 0.4) is 0 Å². The van der Waals surface area contributed by atoms with Gasteiger partial charge in [0.2, 0.25) is 0 Å². The molecule has 2 rings (SSSR count). The molecule has 17 heavy (non-hydrogen) atoms. The van der Waals surface area contributed by atoms with Gasteiger partial charge in [-0.3, -0.25) is 9.79 Å². The minimum atomic E-state index is 0.132. The van der Waals surface area contributed by atoms with E-state index in [1.54, 1.807) is 19.4 Å². The van der Waals surface area contributed by atoms with Gasteiger partial charge in [0.1, 0.15) is 5.75 Å². The van der Waals surface area contributed by atoms with Crippen LogP contribution in [0.5, 0.6) is 5.75 Å². The van der Waals surface area contributed by atoms with Crippen molar-refractivity contribution in [2.24, 2.45) is 4.99 Å². The van der Waals surface area contributed by atoms with Crippen LogP contribution in [-0.2, 0) is 11.3 Å². The number of aliphatic imine (C=N–C) groups is 1. The van der Waals surface area contributed by atoms with Crippen LogP contribution in [0, 0.1) is 0 Å². The van der Waals surface area contributed by atoms with Crippen LogP contribution in [0.4, 0.5) is 0 Å². The summed E-state index contributed by atoms with van der Waals surface area (Å²) in [5.41, 5.74) is 2.73. The molecule has 3 nitrogen and oxygen atoms in total. The van der Waals surface area contributed by atoms with Gasteiger partial charge in [0, 0.05) is 18.2 Å². The molecule has 0 radical (unpaired) electrons. The number of fused-ring (bicyclic) bond motifs is 1. The molecule has 0 aliphatic carbocycles. The third kappa shape index (κ3) is 2.28. The molecule has 1 aliphatic heterocycles. The van der Waals surface area contributed by atoms with Gasteiger partial charge in [0.05, 0.1) is 13.7 Å². The third-order valence-corrected chi connectivity index (χ3v) is 2.84. The number of benzene rings is 1. The lowest BCUT2D eigenvalue weighted by Gasteiger charge is -2.10. The Hall–Kier alpha value is -1.90. The standard InChI is InChI=1S/C14H15NO2/c1-3-14(16)12-6-7-15-9-10-4-5-11(17-2)8-13(10)12/h4-8H,3,9H2,1-2H3. The molecule has 0 aromatic heterocycles. The molecule has 1 aromatic carbocycles. The lowest BCUT2D eigenvalue weighted by molar-refractivity contribution is -0.113. The van der Waals surface area contributed by atoms with Gasteiger partial charge < -0.3 is 4.74 Å². The summed E-state index contributed by atoms with van der Waals surface area (Å²) < 4.78 is 5.20. The highest BCUT2D eigenvalue weighted by Crippen LogP contribution is 2.27. The highest BCUT2D eigenvalue weighted by Gasteiger charge is 2.15. The van der Waals surface area contributed by atoms with Gasteiger partial charge in [-0.05, 0) is 29.3 Å². The van der Waals surface area contributed by atoms with Crippen molar-refractivity contribution in [3.63, 3.8) is 0 Å². The maximum atomic E-state index is 11.9. The Bertz CT molecular complexity index is 501. The van der Waals surface area contributed by atoms with E-state index in [9.17, 15) is 4.79 Å². The monoisotopic (exact) mass is 229 g/mol. The molecule has 0 amide bonds. The van der Waals surface area contributed by atoms with E-state index in [-0.39, 0.29) is 5.78 Å². The van der Waals surface area contributed by atoms with Gasteiger partial charge in [0.25, 0.3) is 0 Å². The zero-order chi connectivity index (χ0) is 12.3. The minimum Gasteiger partial charge on any atom is -0.497 e. The number of hydrogen-bond acceptors (Lipinski definition) is 3. The molecule has 1 heterocycles. The summed E-state index contributed by atoms with van der Waals surface area (Å²) in [6, 6.07) is 5.77. The largest absolute Gasteiger partial charge is 0.497 e. The summed E-state index contributed by atoms with van der Waals surface area (Å²) >= 11 is 0. The number of ketones is 1. The van der Waals surface area contributed by atoms with Gasteiger partial charge in [-0.1, -0.05) is 13.0 Å². The van der Waals surface area contributed by atoms with E-state index in [1.165, 1.54) is 0 Å². The molecule has 0 atom stereocenters. The summed E-state index contributed by atoms with van der Waals surface area (Å²) in [6.07, 6.45) is 3.99. The SMILES string of the molecule is CCC(=O)C1=CC=NCc2ccc(OC)cc21. The van der Waals surface area contributed by atoms with E-state index in [2.05, 4.69) is 4.99 Å². The predicted octanol–water partition coefficient (Wildman–Crippen LogP) is 2.64. The first-order valence-corrected chi connectivity index (χ1v) is 5.67. The van der Waals surface area contributed by atoms with Crippen molar-refractivity contribution in [3.05, 3.63) is 35.4 Å². The maximum absolute atomic E-state index is 11.9. The number of Topliss-reactive ketones (excluding diaryl/α,β-unsaturated/α-hetero) is 1. The van der Waals surface area contributed by atoms with Gasteiger partial charge in [-0.25, -0.2) is 0 Å². The molecule has 0 saturated heterocycles. The van der Waals surface area contributed by atoms with Gasteiger partial charge in [-0.15, -0.1) is 0 Å². The second-order valence-corrected chi connectivity index (χ2v) is 3.87.